The Morgan fingerprint density at radius 1 is 0.781 bits per heavy atom. The lowest BCUT2D eigenvalue weighted by Crippen LogP contribution is -2.11. The standard InChI is InChI=1S/C12H12N2O2.C11H9BrN2O2/c1-8-6-7-16-11(8)12(15)14-10-4-2-9(13)3-5-10;12-10-6-5-9(16-10)11(15)14-8-3-1-7(13)2-4-8/h2-7H,13H2,1H3,(H,14,15);1-6H,13H2,(H,14,15). The number of amides is 2. The highest BCUT2D eigenvalue weighted by Crippen LogP contribution is 2.17. The van der Waals surface area contributed by atoms with E-state index in [-0.39, 0.29) is 17.6 Å². The third-order valence-electron chi connectivity index (χ3n) is 4.20. The monoisotopic (exact) mass is 496 g/mol. The molecular weight excluding hydrogens is 476 g/mol. The molecule has 164 valence electrons. The molecule has 6 N–H and O–H groups in total. The minimum absolute atomic E-state index is 0.253. The molecule has 4 rings (SSSR count). The van der Waals surface area contributed by atoms with Crippen LogP contribution in [0.25, 0.3) is 0 Å². The number of carbonyl (C=O) groups excluding carboxylic acids is 2. The number of furan rings is 2. The zero-order valence-electron chi connectivity index (χ0n) is 17.1. The van der Waals surface area contributed by atoms with E-state index < -0.39 is 0 Å². The van der Waals surface area contributed by atoms with Crippen molar-refractivity contribution < 1.29 is 18.4 Å². The van der Waals surface area contributed by atoms with Crippen molar-refractivity contribution in [2.45, 2.75) is 6.92 Å². The van der Waals surface area contributed by atoms with Crippen LogP contribution >= 0.6 is 15.9 Å². The first-order valence-corrected chi connectivity index (χ1v) is 10.2. The predicted octanol–water partition coefficient (Wildman–Crippen LogP) is 5.30. The number of anilines is 4. The maximum Gasteiger partial charge on any atom is 0.291 e. The summed E-state index contributed by atoms with van der Waals surface area (Å²) in [7, 11) is 0. The summed E-state index contributed by atoms with van der Waals surface area (Å²) < 4.78 is 10.7. The van der Waals surface area contributed by atoms with E-state index in [1.165, 1.54) is 6.26 Å². The van der Waals surface area contributed by atoms with Crippen molar-refractivity contribution >= 4 is 50.5 Å². The molecule has 0 atom stereocenters. The second-order valence-electron chi connectivity index (χ2n) is 6.69. The number of hydrogen-bond donors (Lipinski definition) is 4. The van der Waals surface area contributed by atoms with Gasteiger partial charge in [-0.2, -0.15) is 0 Å². The highest BCUT2D eigenvalue weighted by atomic mass is 79.9. The Bertz CT molecular complexity index is 1200. The number of nitrogens with two attached hydrogens (primary N) is 2. The summed E-state index contributed by atoms with van der Waals surface area (Å²) in [6, 6.07) is 18.8. The maximum atomic E-state index is 11.7. The van der Waals surface area contributed by atoms with Crippen LogP contribution < -0.4 is 22.1 Å². The van der Waals surface area contributed by atoms with Crippen LogP contribution in [-0.4, -0.2) is 11.8 Å². The Kier molecular flexibility index (Phi) is 7.35. The summed E-state index contributed by atoms with van der Waals surface area (Å²) in [6.45, 7) is 1.82. The summed E-state index contributed by atoms with van der Waals surface area (Å²) in [5.41, 5.74) is 14.6. The zero-order chi connectivity index (χ0) is 23.1. The fourth-order valence-electron chi connectivity index (χ4n) is 2.56. The highest BCUT2D eigenvalue weighted by molar-refractivity contribution is 9.10. The third kappa shape index (κ3) is 6.26. The molecule has 0 aliphatic carbocycles. The molecule has 2 aromatic heterocycles. The first-order chi connectivity index (χ1) is 15.3. The topological polar surface area (TPSA) is 137 Å². The smallest absolute Gasteiger partial charge is 0.291 e. The summed E-state index contributed by atoms with van der Waals surface area (Å²) in [5.74, 6) is 0.0308. The van der Waals surface area contributed by atoms with E-state index in [4.69, 9.17) is 20.3 Å². The molecule has 0 unspecified atom stereocenters. The SMILES string of the molecule is Cc1ccoc1C(=O)Nc1ccc(N)cc1.Nc1ccc(NC(=O)c2ccc(Br)o2)cc1. The number of nitrogens with one attached hydrogen (secondary N) is 2. The Balaban J connectivity index is 0.000000181. The Hall–Kier alpha value is -3.98. The van der Waals surface area contributed by atoms with Crippen molar-refractivity contribution in [1.82, 2.24) is 0 Å². The first kappa shape index (κ1) is 22.7. The quantitative estimate of drug-likeness (QED) is 0.283. The van der Waals surface area contributed by atoms with E-state index in [0.717, 1.165) is 5.56 Å². The summed E-state index contributed by atoms with van der Waals surface area (Å²) in [5, 5.41) is 5.41. The van der Waals surface area contributed by atoms with Crippen LogP contribution in [0, 0.1) is 6.92 Å². The van der Waals surface area contributed by atoms with E-state index in [9.17, 15) is 9.59 Å². The largest absolute Gasteiger partial charge is 0.459 e. The molecule has 0 aliphatic rings. The zero-order valence-corrected chi connectivity index (χ0v) is 18.7. The Morgan fingerprint density at radius 3 is 1.75 bits per heavy atom. The van der Waals surface area contributed by atoms with Gasteiger partial charge in [-0.1, -0.05) is 0 Å². The second-order valence-corrected chi connectivity index (χ2v) is 7.47. The van der Waals surface area contributed by atoms with Gasteiger partial charge in [-0.05, 0) is 89.6 Å². The van der Waals surface area contributed by atoms with Gasteiger partial charge in [-0.25, -0.2) is 0 Å². The van der Waals surface area contributed by atoms with Crippen LogP contribution in [0.3, 0.4) is 0 Å². The lowest BCUT2D eigenvalue weighted by atomic mass is 10.2. The second kappa shape index (κ2) is 10.4. The normalized spacial score (nSPS) is 10.1. The minimum atomic E-state index is -0.296. The van der Waals surface area contributed by atoms with Gasteiger partial charge in [-0.3, -0.25) is 9.59 Å². The molecule has 9 heteroatoms. The van der Waals surface area contributed by atoms with Crippen molar-refractivity contribution in [2.75, 3.05) is 22.1 Å². The molecule has 2 amide bonds. The van der Waals surface area contributed by atoms with Crippen LogP contribution in [0.1, 0.15) is 26.7 Å². The number of rotatable bonds is 4. The Morgan fingerprint density at radius 2 is 1.31 bits per heavy atom. The van der Waals surface area contributed by atoms with Crippen molar-refractivity contribution in [3.63, 3.8) is 0 Å². The molecule has 0 spiro atoms. The van der Waals surface area contributed by atoms with E-state index in [2.05, 4.69) is 26.6 Å². The van der Waals surface area contributed by atoms with Crippen LogP contribution in [0.4, 0.5) is 22.7 Å². The van der Waals surface area contributed by atoms with Crippen LogP contribution in [0.2, 0.25) is 0 Å². The number of halogens is 1. The lowest BCUT2D eigenvalue weighted by molar-refractivity contribution is 0.0988. The molecular formula is C23H21BrN4O4. The summed E-state index contributed by atoms with van der Waals surface area (Å²) in [6.07, 6.45) is 1.49. The number of carbonyl (C=O) groups is 2. The van der Waals surface area contributed by atoms with Gasteiger partial charge < -0.3 is 30.9 Å². The van der Waals surface area contributed by atoms with Gasteiger partial charge >= 0.3 is 0 Å². The molecule has 32 heavy (non-hydrogen) atoms. The van der Waals surface area contributed by atoms with Crippen LogP contribution in [0.5, 0.6) is 0 Å². The average molecular weight is 497 g/mol. The van der Waals surface area contributed by atoms with E-state index in [1.807, 2.05) is 6.92 Å². The van der Waals surface area contributed by atoms with Crippen molar-refractivity contribution in [1.29, 1.82) is 0 Å². The van der Waals surface area contributed by atoms with Gasteiger partial charge in [0.15, 0.2) is 16.2 Å². The van der Waals surface area contributed by atoms with E-state index in [1.54, 1.807) is 66.7 Å². The molecule has 4 aromatic rings. The van der Waals surface area contributed by atoms with Crippen LogP contribution in [-0.2, 0) is 0 Å². The maximum absolute atomic E-state index is 11.7. The number of aryl methyl sites for hydroxylation is 1. The van der Waals surface area contributed by atoms with Gasteiger partial charge in [0.2, 0.25) is 0 Å². The molecule has 0 aliphatic heterocycles. The van der Waals surface area contributed by atoms with E-state index in [0.29, 0.717) is 33.2 Å². The molecule has 0 saturated heterocycles. The first-order valence-electron chi connectivity index (χ1n) is 9.45. The Labute approximate surface area is 192 Å². The molecule has 0 saturated carbocycles. The van der Waals surface area contributed by atoms with Crippen molar-refractivity contribution in [3.8, 4) is 0 Å². The molecule has 8 nitrogen and oxygen atoms in total. The van der Waals surface area contributed by atoms with Gasteiger partial charge in [0.25, 0.3) is 11.8 Å². The van der Waals surface area contributed by atoms with E-state index >= 15 is 0 Å². The fraction of sp³-hybridized carbons (Fsp3) is 0.0435. The summed E-state index contributed by atoms with van der Waals surface area (Å²) >= 11 is 3.13. The third-order valence-corrected chi connectivity index (χ3v) is 4.63. The number of nitrogen functional groups attached to an aromatic ring is 2. The molecule has 2 aromatic carbocycles. The van der Waals surface area contributed by atoms with Crippen molar-refractivity contribution in [3.05, 3.63) is 94.7 Å². The van der Waals surface area contributed by atoms with Crippen LogP contribution in [0.15, 0.2) is 86.5 Å². The lowest BCUT2D eigenvalue weighted by Gasteiger charge is -2.03. The van der Waals surface area contributed by atoms with Gasteiger partial charge in [0.1, 0.15) is 0 Å². The van der Waals surface area contributed by atoms with Crippen molar-refractivity contribution in [2.24, 2.45) is 0 Å². The van der Waals surface area contributed by atoms with Gasteiger partial charge in [-0.15, -0.1) is 0 Å². The minimum Gasteiger partial charge on any atom is -0.459 e. The van der Waals surface area contributed by atoms with Gasteiger partial charge in [0, 0.05) is 28.3 Å². The average Bonchev–Trinajstić information content (AvgIpc) is 3.40. The molecule has 0 radical (unpaired) electrons. The fourth-order valence-corrected chi connectivity index (χ4v) is 2.86. The van der Waals surface area contributed by atoms with Gasteiger partial charge in [0.05, 0.1) is 6.26 Å². The molecule has 2 heterocycles. The number of hydrogen-bond acceptors (Lipinski definition) is 6. The predicted molar refractivity (Wildman–Crippen MR) is 127 cm³/mol. The summed E-state index contributed by atoms with van der Waals surface area (Å²) in [4.78, 5) is 23.4. The molecule has 0 fully saturated rings. The molecule has 0 bridgehead atoms. The number of benzene rings is 2. The highest BCUT2D eigenvalue weighted by Gasteiger charge is 2.12.